The smallest absolute Gasteiger partial charge is 0.435 e. The molecule has 0 radical (unpaired) electrons. The molecule has 0 atom stereocenters. The molecule has 2 rings (SSSR count). The molecule has 1 aromatic heterocycles. The molecule has 0 spiro atoms. The quantitative estimate of drug-likeness (QED) is 0.374. The summed E-state index contributed by atoms with van der Waals surface area (Å²) in [6.45, 7) is 1.04. The molecule has 0 saturated carbocycles. The van der Waals surface area contributed by atoms with Crippen LogP contribution in [0.5, 0.6) is 0 Å². The van der Waals surface area contributed by atoms with Crippen LogP contribution in [0.25, 0.3) is 0 Å². The molecule has 0 unspecified atom stereocenters. The highest BCUT2D eigenvalue weighted by atomic mass is 127. The number of rotatable bonds is 3. The van der Waals surface area contributed by atoms with Gasteiger partial charge in [-0.05, 0) is 12.8 Å². The molecule has 0 aliphatic carbocycles. The van der Waals surface area contributed by atoms with Crippen LogP contribution in [-0.4, -0.2) is 60.0 Å². The molecular weight excluding hydrogens is 480 g/mol. The zero-order valence-electron chi connectivity index (χ0n) is 15.3. The average molecular weight is 504 g/mol. The molecule has 0 bridgehead atoms. The van der Waals surface area contributed by atoms with Crippen LogP contribution in [0.1, 0.15) is 24.1 Å². The largest absolute Gasteiger partial charge is 0.453 e. The first-order valence-electron chi connectivity index (χ1n) is 8.14. The maximum atomic E-state index is 13.0. The lowest BCUT2D eigenvalue weighted by Gasteiger charge is -2.32. The summed E-state index contributed by atoms with van der Waals surface area (Å²) in [5, 5.41) is 9.53. The highest BCUT2D eigenvalue weighted by Gasteiger charge is 2.36. The Morgan fingerprint density at radius 3 is 2.56 bits per heavy atom. The minimum Gasteiger partial charge on any atom is -0.453 e. The summed E-state index contributed by atoms with van der Waals surface area (Å²) in [6, 6.07) is 0.0677. The summed E-state index contributed by atoms with van der Waals surface area (Å²) in [6.07, 6.45) is -2.15. The van der Waals surface area contributed by atoms with Crippen molar-refractivity contribution in [3.8, 4) is 0 Å². The highest BCUT2D eigenvalue weighted by Crippen LogP contribution is 2.30. The lowest BCUT2D eigenvalue weighted by Crippen LogP contribution is -2.49. The van der Waals surface area contributed by atoms with Crippen molar-refractivity contribution in [2.24, 2.45) is 12.0 Å². The molecular formula is C15H24F3IN6O2. The molecule has 154 valence electrons. The van der Waals surface area contributed by atoms with Crippen molar-refractivity contribution in [2.45, 2.75) is 31.6 Å². The van der Waals surface area contributed by atoms with E-state index in [9.17, 15) is 18.0 Å². The minimum absolute atomic E-state index is 0. The van der Waals surface area contributed by atoms with Gasteiger partial charge in [-0.1, -0.05) is 0 Å². The van der Waals surface area contributed by atoms with Gasteiger partial charge in [-0.25, -0.2) is 4.79 Å². The van der Waals surface area contributed by atoms with E-state index in [0.717, 1.165) is 4.68 Å². The van der Waals surface area contributed by atoms with Crippen LogP contribution in [0.2, 0.25) is 0 Å². The summed E-state index contributed by atoms with van der Waals surface area (Å²) < 4.78 is 44.8. The van der Waals surface area contributed by atoms with E-state index >= 15 is 0 Å². The molecule has 1 aliphatic heterocycles. The molecule has 2 heterocycles. The zero-order valence-corrected chi connectivity index (χ0v) is 17.7. The Hall–Kier alpha value is -1.73. The van der Waals surface area contributed by atoms with E-state index in [1.807, 2.05) is 0 Å². The molecule has 1 fully saturated rings. The number of likely N-dealkylation sites (tertiary alicyclic amines) is 1. The Morgan fingerprint density at radius 2 is 2.04 bits per heavy atom. The molecule has 1 amide bonds. The SMILES string of the molecule is CN=C(NCc1cn(C)nc1C(F)(F)F)NC1CCN(C(=O)OC)CC1.I. The van der Waals surface area contributed by atoms with Gasteiger partial charge in [0.1, 0.15) is 0 Å². The fourth-order valence-electron chi connectivity index (χ4n) is 2.81. The van der Waals surface area contributed by atoms with Crippen molar-refractivity contribution in [3.05, 3.63) is 17.5 Å². The first kappa shape index (κ1) is 23.3. The van der Waals surface area contributed by atoms with Crippen LogP contribution in [0.15, 0.2) is 11.2 Å². The second-order valence-electron chi connectivity index (χ2n) is 5.98. The van der Waals surface area contributed by atoms with Crippen LogP contribution < -0.4 is 10.6 Å². The maximum absolute atomic E-state index is 13.0. The van der Waals surface area contributed by atoms with E-state index in [2.05, 4.69) is 25.5 Å². The number of carbonyl (C=O) groups is 1. The predicted molar refractivity (Wildman–Crippen MR) is 104 cm³/mol. The molecule has 1 saturated heterocycles. The molecule has 1 aromatic rings. The molecule has 0 aromatic carbocycles. The van der Waals surface area contributed by atoms with E-state index in [0.29, 0.717) is 31.9 Å². The summed E-state index contributed by atoms with van der Waals surface area (Å²) >= 11 is 0. The normalized spacial score (nSPS) is 15.9. The van der Waals surface area contributed by atoms with Gasteiger partial charge < -0.3 is 20.3 Å². The number of aromatic nitrogens is 2. The van der Waals surface area contributed by atoms with E-state index in [4.69, 9.17) is 0 Å². The third-order valence-electron chi connectivity index (χ3n) is 4.11. The van der Waals surface area contributed by atoms with Crippen molar-refractivity contribution in [1.29, 1.82) is 0 Å². The third-order valence-corrected chi connectivity index (χ3v) is 4.11. The number of alkyl halides is 3. The van der Waals surface area contributed by atoms with Crippen molar-refractivity contribution in [3.63, 3.8) is 0 Å². The standard InChI is InChI=1S/C15H23F3N6O2.HI/c1-19-13(21-11-4-6-24(7-5-11)14(25)26-3)20-8-10-9-23(2)22-12(10)15(16,17)18;/h9,11H,4-8H2,1-3H3,(H2,19,20,21);1H. The maximum Gasteiger partial charge on any atom is 0.435 e. The summed E-state index contributed by atoms with van der Waals surface area (Å²) in [7, 11) is 4.33. The number of aliphatic imine (C=N–C) groups is 1. The predicted octanol–water partition coefficient (Wildman–Crippen LogP) is 1.95. The van der Waals surface area contributed by atoms with E-state index in [-0.39, 0.29) is 48.2 Å². The van der Waals surface area contributed by atoms with Gasteiger partial charge in [-0.3, -0.25) is 9.67 Å². The third kappa shape index (κ3) is 6.43. The number of hydrogen-bond donors (Lipinski definition) is 2. The van der Waals surface area contributed by atoms with Crippen molar-refractivity contribution in [2.75, 3.05) is 27.2 Å². The van der Waals surface area contributed by atoms with Crippen molar-refractivity contribution in [1.82, 2.24) is 25.3 Å². The van der Waals surface area contributed by atoms with Crippen molar-refractivity contribution >= 4 is 36.0 Å². The van der Waals surface area contributed by atoms with Crippen LogP contribution in [0, 0.1) is 0 Å². The van der Waals surface area contributed by atoms with Gasteiger partial charge in [0.25, 0.3) is 0 Å². The number of aryl methyl sites for hydroxylation is 1. The van der Waals surface area contributed by atoms with Gasteiger partial charge in [0, 0.05) is 51.5 Å². The van der Waals surface area contributed by atoms with Gasteiger partial charge in [0.15, 0.2) is 11.7 Å². The Kier molecular flexibility index (Phi) is 8.62. The number of methoxy groups -OCH3 is 1. The summed E-state index contributed by atoms with van der Waals surface area (Å²) in [5.41, 5.74) is -0.863. The van der Waals surface area contributed by atoms with Gasteiger partial charge in [0.05, 0.1) is 7.11 Å². The fourth-order valence-corrected chi connectivity index (χ4v) is 2.81. The van der Waals surface area contributed by atoms with Crippen LogP contribution in [0.4, 0.5) is 18.0 Å². The number of guanidine groups is 1. The molecule has 1 aliphatic rings. The molecule has 2 N–H and O–H groups in total. The Morgan fingerprint density at radius 1 is 1.41 bits per heavy atom. The number of ether oxygens (including phenoxy) is 1. The first-order valence-corrected chi connectivity index (χ1v) is 8.14. The minimum atomic E-state index is -4.50. The first-order chi connectivity index (χ1) is 12.2. The Balaban J connectivity index is 0.00000364. The van der Waals surface area contributed by atoms with Crippen LogP contribution >= 0.6 is 24.0 Å². The second kappa shape index (κ2) is 9.99. The van der Waals surface area contributed by atoms with Crippen LogP contribution in [0.3, 0.4) is 0 Å². The molecule has 8 nitrogen and oxygen atoms in total. The molecule has 27 heavy (non-hydrogen) atoms. The van der Waals surface area contributed by atoms with E-state index in [1.165, 1.54) is 20.4 Å². The number of carbonyl (C=O) groups excluding carboxylic acids is 1. The lowest BCUT2D eigenvalue weighted by atomic mass is 10.1. The number of hydrogen-bond acceptors (Lipinski definition) is 4. The fraction of sp³-hybridized carbons (Fsp3) is 0.667. The number of nitrogens with zero attached hydrogens (tertiary/aromatic N) is 4. The van der Waals surface area contributed by atoms with Gasteiger partial charge in [-0.15, -0.1) is 24.0 Å². The van der Waals surface area contributed by atoms with E-state index < -0.39 is 11.9 Å². The monoisotopic (exact) mass is 504 g/mol. The highest BCUT2D eigenvalue weighted by molar-refractivity contribution is 14.0. The Bertz CT molecular complexity index is 656. The Labute approximate surface area is 172 Å². The summed E-state index contributed by atoms with van der Waals surface area (Å²) in [4.78, 5) is 17.1. The number of nitrogens with one attached hydrogen (secondary N) is 2. The average Bonchev–Trinajstić information content (AvgIpc) is 2.99. The van der Waals surface area contributed by atoms with Crippen molar-refractivity contribution < 1.29 is 22.7 Å². The van der Waals surface area contributed by atoms with Crippen LogP contribution in [-0.2, 0) is 24.5 Å². The lowest BCUT2D eigenvalue weighted by molar-refractivity contribution is -0.142. The second-order valence-corrected chi connectivity index (χ2v) is 5.98. The number of halogens is 4. The summed E-state index contributed by atoms with van der Waals surface area (Å²) in [5.74, 6) is 0.401. The topological polar surface area (TPSA) is 83.8 Å². The van der Waals surface area contributed by atoms with Gasteiger partial charge >= 0.3 is 12.3 Å². The number of amides is 1. The van der Waals surface area contributed by atoms with E-state index in [1.54, 1.807) is 11.9 Å². The molecule has 12 heteroatoms. The number of piperidine rings is 1. The van der Waals surface area contributed by atoms with Gasteiger partial charge in [-0.2, -0.15) is 18.3 Å². The van der Waals surface area contributed by atoms with Gasteiger partial charge in [0.2, 0.25) is 0 Å². The zero-order chi connectivity index (χ0) is 19.3.